The second kappa shape index (κ2) is 5.23. The smallest absolute Gasteiger partial charge is 0.317 e. The minimum atomic E-state index is -0.464. The van der Waals surface area contributed by atoms with Crippen LogP contribution in [0.15, 0.2) is 30.5 Å². The molecule has 0 radical (unpaired) electrons. The lowest BCUT2D eigenvalue weighted by molar-refractivity contribution is 0.278. The molecule has 0 atom stereocenters. The molecule has 90 valence electrons. The van der Waals surface area contributed by atoms with Crippen molar-refractivity contribution in [2.45, 2.75) is 13.5 Å². The van der Waals surface area contributed by atoms with Gasteiger partial charge in [-0.1, -0.05) is 12.1 Å². The zero-order chi connectivity index (χ0) is 13.0. The van der Waals surface area contributed by atoms with Crippen molar-refractivity contribution in [2.24, 2.45) is 0 Å². The predicted octanol–water partition coefficient (Wildman–Crippen LogP) is 2.37. The van der Waals surface area contributed by atoms with E-state index in [2.05, 4.69) is 9.97 Å². The molecule has 1 heterocycles. The van der Waals surface area contributed by atoms with Gasteiger partial charge in [-0.25, -0.2) is 9.37 Å². The molecule has 18 heavy (non-hydrogen) atoms. The fourth-order valence-corrected chi connectivity index (χ4v) is 1.38. The summed E-state index contributed by atoms with van der Waals surface area (Å²) in [5.41, 5.74) is 1.64. The zero-order valence-electron chi connectivity index (χ0n) is 9.72. The second-order valence-corrected chi connectivity index (χ2v) is 3.69. The van der Waals surface area contributed by atoms with Crippen molar-refractivity contribution >= 4 is 0 Å². The van der Waals surface area contributed by atoms with Crippen molar-refractivity contribution in [1.82, 2.24) is 9.97 Å². The summed E-state index contributed by atoms with van der Waals surface area (Å²) in [4.78, 5) is 7.58. The van der Waals surface area contributed by atoms with Crippen LogP contribution in [-0.4, -0.2) is 9.97 Å². The van der Waals surface area contributed by atoms with Crippen LogP contribution >= 0.6 is 0 Å². The van der Waals surface area contributed by atoms with E-state index in [4.69, 9.17) is 10.00 Å². The largest absolute Gasteiger partial charge is 0.459 e. The van der Waals surface area contributed by atoms with Crippen molar-refractivity contribution in [1.29, 1.82) is 5.26 Å². The van der Waals surface area contributed by atoms with Gasteiger partial charge in [0.2, 0.25) is 0 Å². The summed E-state index contributed by atoms with van der Waals surface area (Å²) in [5.74, 6) is -0.464. The molecular weight excluding hydrogens is 233 g/mol. The third-order valence-electron chi connectivity index (χ3n) is 2.32. The average molecular weight is 243 g/mol. The summed E-state index contributed by atoms with van der Waals surface area (Å²) in [6.45, 7) is 1.78. The van der Waals surface area contributed by atoms with E-state index in [1.165, 1.54) is 0 Å². The molecule has 0 spiro atoms. The molecule has 0 unspecified atom stereocenters. The van der Waals surface area contributed by atoms with Crippen LogP contribution in [0.4, 0.5) is 4.39 Å². The molecule has 0 saturated heterocycles. The van der Waals surface area contributed by atoms with Crippen molar-refractivity contribution < 1.29 is 9.13 Å². The maximum atomic E-state index is 12.9. The number of halogens is 1. The Labute approximate surface area is 104 Å². The molecule has 0 N–H and O–H groups in total. The summed E-state index contributed by atoms with van der Waals surface area (Å²) in [5, 5.41) is 8.76. The molecule has 0 aliphatic carbocycles. The molecule has 2 aromatic rings. The number of rotatable bonds is 3. The third kappa shape index (κ3) is 2.80. The van der Waals surface area contributed by atoms with Gasteiger partial charge in [0.1, 0.15) is 6.61 Å². The molecule has 0 bridgehead atoms. The maximum Gasteiger partial charge on any atom is 0.317 e. The quantitative estimate of drug-likeness (QED) is 0.830. The van der Waals surface area contributed by atoms with E-state index in [1.54, 1.807) is 25.1 Å². The van der Waals surface area contributed by atoms with Crippen LogP contribution < -0.4 is 4.74 Å². The molecule has 0 aliphatic heterocycles. The number of nitriles is 1. The highest BCUT2D eigenvalue weighted by atomic mass is 19.1. The molecule has 1 aromatic carbocycles. The summed E-state index contributed by atoms with van der Waals surface area (Å²) < 4.78 is 18.3. The van der Waals surface area contributed by atoms with Gasteiger partial charge in [0.15, 0.2) is 5.82 Å². The van der Waals surface area contributed by atoms with Gasteiger partial charge in [0, 0.05) is 0 Å². The van der Waals surface area contributed by atoms with Crippen LogP contribution in [0, 0.1) is 24.1 Å². The van der Waals surface area contributed by atoms with E-state index in [0.717, 1.165) is 11.8 Å². The minimum absolute atomic E-state index is 0.122. The van der Waals surface area contributed by atoms with E-state index >= 15 is 0 Å². The fourth-order valence-electron chi connectivity index (χ4n) is 1.38. The first kappa shape index (κ1) is 12.0. The monoisotopic (exact) mass is 243 g/mol. The summed E-state index contributed by atoms with van der Waals surface area (Å²) in [7, 11) is 0. The fraction of sp³-hybridized carbons (Fsp3) is 0.154. The van der Waals surface area contributed by atoms with Crippen molar-refractivity contribution in [3.05, 3.63) is 53.1 Å². The van der Waals surface area contributed by atoms with Crippen LogP contribution in [-0.2, 0) is 6.61 Å². The van der Waals surface area contributed by atoms with E-state index in [-0.39, 0.29) is 18.3 Å². The number of aryl methyl sites for hydroxylation is 1. The Kier molecular flexibility index (Phi) is 3.49. The Bertz CT molecular complexity index is 607. The molecule has 0 fully saturated rings. The van der Waals surface area contributed by atoms with Gasteiger partial charge < -0.3 is 4.74 Å². The molecule has 1 aromatic heterocycles. The highest BCUT2D eigenvalue weighted by Crippen LogP contribution is 2.10. The summed E-state index contributed by atoms with van der Waals surface area (Å²) >= 11 is 0. The van der Waals surface area contributed by atoms with E-state index in [9.17, 15) is 4.39 Å². The van der Waals surface area contributed by atoms with Gasteiger partial charge in [-0.15, -0.1) is 0 Å². The average Bonchev–Trinajstić information content (AvgIpc) is 2.40. The second-order valence-electron chi connectivity index (χ2n) is 3.69. The van der Waals surface area contributed by atoms with E-state index < -0.39 is 5.82 Å². The van der Waals surface area contributed by atoms with Crippen LogP contribution in [0.5, 0.6) is 6.01 Å². The van der Waals surface area contributed by atoms with Crippen LogP contribution in [0.2, 0.25) is 0 Å². The maximum absolute atomic E-state index is 12.9. The number of benzene rings is 1. The van der Waals surface area contributed by atoms with Gasteiger partial charge in [0.25, 0.3) is 0 Å². The van der Waals surface area contributed by atoms with Crippen molar-refractivity contribution in [2.75, 3.05) is 0 Å². The van der Waals surface area contributed by atoms with Crippen LogP contribution in [0.25, 0.3) is 0 Å². The lowest BCUT2D eigenvalue weighted by atomic mass is 10.1. The molecule has 4 nitrogen and oxygen atoms in total. The Morgan fingerprint density at radius 2 is 2.28 bits per heavy atom. The topological polar surface area (TPSA) is 58.8 Å². The molecule has 2 rings (SSSR count). The Hall–Kier alpha value is -2.48. The van der Waals surface area contributed by atoms with Crippen molar-refractivity contribution in [3.63, 3.8) is 0 Å². The van der Waals surface area contributed by atoms with Crippen LogP contribution in [0.3, 0.4) is 0 Å². The molecule has 0 saturated carbocycles. The number of hydrogen-bond donors (Lipinski definition) is 0. The Morgan fingerprint density at radius 1 is 1.44 bits per heavy atom. The molecule has 5 heteroatoms. The van der Waals surface area contributed by atoms with Gasteiger partial charge >= 0.3 is 6.01 Å². The van der Waals surface area contributed by atoms with Gasteiger partial charge in [-0.2, -0.15) is 10.2 Å². The molecular formula is C13H10FN3O. The minimum Gasteiger partial charge on any atom is -0.459 e. The van der Waals surface area contributed by atoms with Crippen LogP contribution in [0.1, 0.15) is 16.8 Å². The zero-order valence-corrected chi connectivity index (χ0v) is 9.72. The summed E-state index contributed by atoms with van der Waals surface area (Å²) in [6.07, 6.45) is 1.07. The number of hydrogen-bond acceptors (Lipinski definition) is 4. The highest BCUT2D eigenvalue weighted by molar-refractivity contribution is 5.32. The molecule has 0 aliphatic rings. The first-order valence-corrected chi connectivity index (χ1v) is 5.30. The predicted molar refractivity (Wildman–Crippen MR) is 62.2 cm³/mol. The summed E-state index contributed by atoms with van der Waals surface area (Å²) in [6, 6.07) is 9.20. The first-order chi connectivity index (χ1) is 8.69. The number of ether oxygens (including phenoxy) is 1. The van der Waals surface area contributed by atoms with Crippen molar-refractivity contribution in [3.8, 4) is 12.1 Å². The standard InChI is InChI=1S/C13H10FN3O/c1-9-12(14)7-16-13(17-9)18-8-11-4-2-3-10(5-11)6-15/h2-5,7H,8H2,1H3. The third-order valence-corrected chi connectivity index (χ3v) is 2.32. The van der Waals surface area contributed by atoms with E-state index in [1.807, 2.05) is 12.1 Å². The highest BCUT2D eigenvalue weighted by Gasteiger charge is 2.04. The Morgan fingerprint density at radius 3 is 3.00 bits per heavy atom. The number of nitrogens with zero attached hydrogens (tertiary/aromatic N) is 3. The number of aromatic nitrogens is 2. The van der Waals surface area contributed by atoms with E-state index in [0.29, 0.717) is 5.56 Å². The van der Waals surface area contributed by atoms with Gasteiger partial charge in [-0.3, -0.25) is 0 Å². The lowest BCUT2D eigenvalue weighted by Gasteiger charge is -2.05. The normalized spacial score (nSPS) is 9.83. The van der Waals surface area contributed by atoms with Gasteiger partial charge in [0.05, 0.1) is 23.5 Å². The lowest BCUT2D eigenvalue weighted by Crippen LogP contribution is -2.01. The van der Waals surface area contributed by atoms with Gasteiger partial charge in [-0.05, 0) is 24.6 Å². The molecule has 0 amide bonds. The Balaban J connectivity index is 2.07. The SMILES string of the molecule is Cc1nc(OCc2cccc(C#N)c2)ncc1F. The first-order valence-electron chi connectivity index (χ1n) is 5.30.